The van der Waals surface area contributed by atoms with E-state index >= 15 is 0 Å². The first-order valence-electron chi connectivity index (χ1n) is 6.02. The molecule has 1 aromatic carbocycles. The van der Waals surface area contributed by atoms with E-state index in [1.54, 1.807) is 0 Å². The summed E-state index contributed by atoms with van der Waals surface area (Å²) in [5.74, 6) is 0. The maximum Gasteiger partial charge on any atom is 0.0133 e. The average Bonchev–Trinajstić information content (AvgIpc) is 2.79. The van der Waals surface area contributed by atoms with Crippen molar-refractivity contribution in [1.82, 2.24) is 5.32 Å². The van der Waals surface area contributed by atoms with Crippen molar-refractivity contribution in [2.24, 2.45) is 0 Å². The molecule has 0 radical (unpaired) electrons. The molecule has 1 unspecified atom stereocenters. The van der Waals surface area contributed by atoms with E-state index in [1.807, 2.05) is 0 Å². The first-order valence-corrected chi connectivity index (χ1v) is 6.02. The normalized spacial score (nSPS) is 21.5. The monoisotopic (exact) mass is 203 g/mol. The molecule has 15 heavy (non-hydrogen) atoms. The van der Waals surface area contributed by atoms with Gasteiger partial charge in [-0.1, -0.05) is 43.2 Å². The van der Waals surface area contributed by atoms with Crippen molar-refractivity contribution in [3.63, 3.8) is 0 Å². The molecule has 0 spiro atoms. The molecule has 0 aliphatic heterocycles. The molecule has 2 rings (SSSR count). The molecule has 0 heterocycles. The molecule has 1 nitrogen and oxygen atoms in total. The summed E-state index contributed by atoms with van der Waals surface area (Å²) in [5.41, 5.74) is 1.90. The minimum Gasteiger partial charge on any atom is -0.316 e. The molecule has 82 valence electrons. The summed E-state index contributed by atoms with van der Waals surface area (Å²) in [4.78, 5) is 0. The molecule has 1 N–H and O–H groups in total. The molecule has 1 atom stereocenters. The van der Waals surface area contributed by atoms with Gasteiger partial charge in [-0.25, -0.2) is 0 Å². The maximum absolute atomic E-state index is 3.45. The molecule has 0 aromatic heterocycles. The molecule has 0 bridgehead atoms. The van der Waals surface area contributed by atoms with Crippen LogP contribution in [0.3, 0.4) is 0 Å². The van der Waals surface area contributed by atoms with E-state index in [0.29, 0.717) is 11.5 Å². The topological polar surface area (TPSA) is 12.0 Å². The molecule has 1 heteroatoms. The highest BCUT2D eigenvalue weighted by Gasteiger charge is 2.39. The average molecular weight is 203 g/mol. The van der Waals surface area contributed by atoms with Gasteiger partial charge in [-0.2, -0.15) is 0 Å². The van der Waals surface area contributed by atoms with Gasteiger partial charge in [-0.3, -0.25) is 0 Å². The Bertz CT molecular complexity index is 298. The van der Waals surface area contributed by atoms with Crippen LogP contribution in [0.2, 0.25) is 0 Å². The van der Waals surface area contributed by atoms with E-state index in [4.69, 9.17) is 0 Å². The van der Waals surface area contributed by atoms with E-state index in [2.05, 4.69) is 49.6 Å². The van der Waals surface area contributed by atoms with E-state index < -0.39 is 0 Å². The standard InChI is InChI=1S/C14H21N/c1-12(15-2)14(10-6-7-11-14)13-8-4-3-5-9-13/h3-5,8-9,12,15H,6-7,10-11H2,1-2H3. The van der Waals surface area contributed by atoms with Crippen LogP contribution in [0.5, 0.6) is 0 Å². The Morgan fingerprint density at radius 2 is 1.73 bits per heavy atom. The molecule has 0 saturated heterocycles. The largest absolute Gasteiger partial charge is 0.316 e. The Hall–Kier alpha value is -0.820. The van der Waals surface area contributed by atoms with Crippen LogP contribution in [0.25, 0.3) is 0 Å². The zero-order valence-electron chi connectivity index (χ0n) is 9.79. The van der Waals surface area contributed by atoms with Crippen LogP contribution in [-0.2, 0) is 5.41 Å². The molecular weight excluding hydrogens is 182 g/mol. The lowest BCUT2D eigenvalue weighted by Gasteiger charge is -2.36. The highest BCUT2D eigenvalue weighted by molar-refractivity contribution is 5.28. The van der Waals surface area contributed by atoms with Crippen LogP contribution >= 0.6 is 0 Å². The second kappa shape index (κ2) is 4.36. The zero-order valence-corrected chi connectivity index (χ0v) is 9.79. The summed E-state index contributed by atoms with van der Waals surface area (Å²) in [6.07, 6.45) is 5.42. The Labute approximate surface area is 92.9 Å². The van der Waals surface area contributed by atoms with E-state index in [1.165, 1.54) is 31.2 Å². The fourth-order valence-electron chi connectivity index (χ4n) is 3.02. The molecule has 1 aliphatic rings. The van der Waals surface area contributed by atoms with Crippen molar-refractivity contribution >= 4 is 0 Å². The lowest BCUT2D eigenvalue weighted by atomic mass is 9.73. The maximum atomic E-state index is 3.45. The third-order valence-corrected chi connectivity index (χ3v) is 4.11. The summed E-state index contributed by atoms with van der Waals surface area (Å²) in [6.45, 7) is 2.32. The third-order valence-electron chi connectivity index (χ3n) is 4.11. The van der Waals surface area contributed by atoms with Crippen molar-refractivity contribution in [1.29, 1.82) is 0 Å². The summed E-state index contributed by atoms with van der Waals surface area (Å²) in [5, 5.41) is 3.45. The van der Waals surface area contributed by atoms with Gasteiger partial charge in [0.15, 0.2) is 0 Å². The van der Waals surface area contributed by atoms with Crippen LogP contribution in [0.1, 0.15) is 38.2 Å². The van der Waals surface area contributed by atoms with E-state index in [9.17, 15) is 0 Å². The Kier molecular flexibility index (Phi) is 3.11. The minimum absolute atomic E-state index is 0.385. The van der Waals surface area contributed by atoms with Crippen molar-refractivity contribution in [2.45, 2.75) is 44.1 Å². The first-order chi connectivity index (χ1) is 7.29. The Balaban J connectivity index is 2.35. The number of hydrogen-bond donors (Lipinski definition) is 1. The van der Waals surface area contributed by atoms with Crippen LogP contribution in [0.15, 0.2) is 30.3 Å². The molecular formula is C14H21N. The predicted octanol–water partition coefficient (Wildman–Crippen LogP) is 3.11. The van der Waals surface area contributed by atoms with Crippen molar-refractivity contribution in [3.05, 3.63) is 35.9 Å². The second-order valence-corrected chi connectivity index (χ2v) is 4.74. The lowest BCUT2D eigenvalue weighted by Crippen LogP contribution is -2.43. The minimum atomic E-state index is 0.385. The van der Waals surface area contributed by atoms with Gasteiger partial charge in [0.2, 0.25) is 0 Å². The second-order valence-electron chi connectivity index (χ2n) is 4.74. The summed E-state index contributed by atoms with van der Waals surface area (Å²) < 4.78 is 0. The molecule has 1 fully saturated rings. The van der Waals surface area contributed by atoms with Gasteiger partial charge in [0, 0.05) is 11.5 Å². The number of rotatable bonds is 3. The van der Waals surface area contributed by atoms with Crippen molar-refractivity contribution < 1.29 is 0 Å². The van der Waals surface area contributed by atoms with Gasteiger partial charge in [0.05, 0.1) is 0 Å². The molecule has 1 aliphatic carbocycles. The van der Waals surface area contributed by atoms with E-state index in [0.717, 1.165) is 0 Å². The highest BCUT2D eigenvalue weighted by Crippen LogP contribution is 2.43. The summed E-state index contributed by atoms with van der Waals surface area (Å²) in [7, 11) is 2.08. The van der Waals surface area contributed by atoms with Gasteiger partial charge < -0.3 is 5.32 Å². The van der Waals surface area contributed by atoms with Crippen molar-refractivity contribution in [3.8, 4) is 0 Å². The quantitative estimate of drug-likeness (QED) is 0.796. The highest BCUT2D eigenvalue weighted by atomic mass is 14.9. The predicted molar refractivity (Wildman–Crippen MR) is 65.1 cm³/mol. The van der Waals surface area contributed by atoms with Crippen molar-refractivity contribution in [2.75, 3.05) is 7.05 Å². The van der Waals surface area contributed by atoms with Crippen LogP contribution in [-0.4, -0.2) is 13.1 Å². The number of nitrogens with one attached hydrogen (secondary N) is 1. The Morgan fingerprint density at radius 1 is 1.13 bits per heavy atom. The fourth-order valence-corrected chi connectivity index (χ4v) is 3.02. The van der Waals surface area contributed by atoms with Gasteiger partial charge in [-0.05, 0) is 32.4 Å². The third kappa shape index (κ3) is 1.81. The Morgan fingerprint density at radius 3 is 2.27 bits per heavy atom. The number of benzene rings is 1. The SMILES string of the molecule is CNC(C)C1(c2ccccc2)CCCC1. The number of hydrogen-bond acceptors (Lipinski definition) is 1. The zero-order chi connectivity index (χ0) is 10.7. The molecule has 1 aromatic rings. The molecule has 1 saturated carbocycles. The summed E-state index contributed by atoms with van der Waals surface area (Å²) >= 11 is 0. The van der Waals surface area contributed by atoms with Crippen LogP contribution < -0.4 is 5.32 Å². The van der Waals surface area contributed by atoms with Crippen LogP contribution in [0.4, 0.5) is 0 Å². The smallest absolute Gasteiger partial charge is 0.0133 e. The fraction of sp³-hybridized carbons (Fsp3) is 0.571. The van der Waals surface area contributed by atoms with Crippen LogP contribution in [0, 0.1) is 0 Å². The van der Waals surface area contributed by atoms with Gasteiger partial charge in [0.1, 0.15) is 0 Å². The van der Waals surface area contributed by atoms with Gasteiger partial charge >= 0.3 is 0 Å². The lowest BCUT2D eigenvalue weighted by molar-refractivity contribution is 0.329. The van der Waals surface area contributed by atoms with Gasteiger partial charge in [0.25, 0.3) is 0 Å². The van der Waals surface area contributed by atoms with E-state index in [-0.39, 0.29) is 0 Å². The van der Waals surface area contributed by atoms with Gasteiger partial charge in [-0.15, -0.1) is 0 Å². The molecule has 0 amide bonds. The number of likely N-dealkylation sites (N-methyl/N-ethyl adjacent to an activating group) is 1. The summed E-state index contributed by atoms with van der Waals surface area (Å²) in [6, 6.07) is 11.6. The first kappa shape index (κ1) is 10.7.